The molecule has 0 atom stereocenters. The Bertz CT molecular complexity index is 552. The van der Waals surface area contributed by atoms with Gasteiger partial charge in [-0.2, -0.15) is 0 Å². The predicted molar refractivity (Wildman–Crippen MR) is 90.3 cm³/mol. The average Bonchev–Trinajstić information content (AvgIpc) is 2.44. The summed E-state index contributed by atoms with van der Waals surface area (Å²) in [7, 11) is 0. The van der Waals surface area contributed by atoms with Crippen LogP contribution in [0.15, 0.2) is 16.6 Å². The van der Waals surface area contributed by atoms with Crippen molar-refractivity contribution in [2.75, 3.05) is 13.2 Å². The Morgan fingerprint density at radius 3 is 2.68 bits per heavy atom. The zero-order valence-corrected chi connectivity index (χ0v) is 15.3. The molecule has 4 nitrogen and oxygen atoms in total. The standard InChI is InChI=1S/C17H24BrNO3/c1-5-10-21-15-7-6-14(18)13-11-19(9-8-12(13)15)16(20)22-17(2,3)4/h6-7H,5,8-11H2,1-4H3. The molecule has 1 aromatic carbocycles. The van der Waals surface area contributed by atoms with Gasteiger partial charge < -0.3 is 14.4 Å². The van der Waals surface area contributed by atoms with Gasteiger partial charge in [-0.05, 0) is 51.3 Å². The van der Waals surface area contributed by atoms with Gasteiger partial charge in [-0.15, -0.1) is 0 Å². The summed E-state index contributed by atoms with van der Waals surface area (Å²) in [5, 5.41) is 0. The first-order chi connectivity index (χ1) is 10.3. The van der Waals surface area contributed by atoms with Crippen LogP contribution < -0.4 is 4.74 Å². The van der Waals surface area contributed by atoms with Crippen LogP contribution in [0.3, 0.4) is 0 Å². The number of halogens is 1. The van der Waals surface area contributed by atoms with Crippen molar-refractivity contribution in [1.82, 2.24) is 4.90 Å². The summed E-state index contributed by atoms with van der Waals surface area (Å²) in [6.07, 6.45) is 1.51. The van der Waals surface area contributed by atoms with Crippen molar-refractivity contribution >= 4 is 22.0 Å². The van der Waals surface area contributed by atoms with Gasteiger partial charge in [-0.3, -0.25) is 0 Å². The van der Waals surface area contributed by atoms with Crippen molar-refractivity contribution in [3.63, 3.8) is 0 Å². The van der Waals surface area contributed by atoms with E-state index in [1.165, 1.54) is 5.56 Å². The molecular weight excluding hydrogens is 346 g/mol. The number of nitrogens with zero attached hydrogens (tertiary/aromatic N) is 1. The molecule has 0 unspecified atom stereocenters. The summed E-state index contributed by atoms with van der Waals surface area (Å²) in [6, 6.07) is 3.99. The molecule has 1 aromatic rings. The Morgan fingerprint density at radius 2 is 2.05 bits per heavy atom. The summed E-state index contributed by atoms with van der Waals surface area (Å²) in [5.74, 6) is 0.934. The number of amides is 1. The van der Waals surface area contributed by atoms with Crippen LogP contribution >= 0.6 is 15.9 Å². The molecule has 0 N–H and O–H groups in total. The lowest BCUT2D eigenvalue weighted by Gasteiger charge is -2.32. The van der Waals surface area contributed by atoms with Crippen LogP contribution in [-0.4, -0.2) is 29.7 Å². The average molecular weight is 370 g/mol. The minimum absolute atomic E-state index is 0.259. The molecule has 1 aliphatic rings. The number of fused-ring (bicyclic) bond motifs is 1. The first kappa shape index (κ1) is 17.1. The Labute approximate surface area is 140 Å². The van der Waals surface area contributed by atoms with Gasteiger partial charge in [0.25, 0.3) is 0 Å². The topological polar surface area (TPSA) is 38.8 Å². The second-order valence-electron chi connectivity index (χ2n) is 6.50. The highest BCUT2D eigenvalue weighted by Crippen LogP contribution is 2.34. The van der Waals surface area contributed by atoms with E-state index in [-0.39, 0.29) is 6.09 Å². The maximum absolute atomic E-state index is 12.2. The highest BCUT2D eigenvalue weighted by atomic mass is 79.9. The van der Waals surface area contributed by atoms with Gasteiger partial charge in [-0.1, -0.05) is 22.9 Å². The number of carbonyl (C=O) groups excluding carboxylic acids is 1. The fourth-order valence-corrected chi connectivity index (χ4v) is 2.93. The van der Waals surface area contributed by atoms with Crippen LogP contribution in [0.5, 0.6) is 5.75 Å². The molecule has 0 saturated carbocycles. The fraction of sp³-hybridized carbons (Fsp3) is 0.588. The number of hydrogen-bond acceptors (Lipinski definition) is 3. The van der Waals surface area contributed by atoms with Gasteiger partial charge >= 0.3 is 6.09 Å². The zero-order chi connectivity index (χ0) is 16.3. The molecule has 0 saturated heterocycles. The van der Waals surface area contributed by atoms with Crippen molar-refractivity contribution in [3.8, 4) is 5.75 Å². The SMILES string of the molecule is CCCOc1ccc(Br)c2c1CCN(C(=O)OC(C)(C)C)C2. The van der Waals surface area contributed by atoms with Crippen LogP contribution in [-0.2, 0) is 17.7 Å². The predicted octanol–water partition coefficient (Wildman–Crippen LogP) is 4.53. The molecule has 1 aliphatic heterocycles. The molecule has 22 heavy (non-hydrogen) atoms. The zero-order valence-electron chi connectivity index (χ0n) is 13.7. The Hall–Kier alpha value is -1.23. The third-order valence-corrected chi connectivity index (χ3v) is 4.17. The summed E-state index contributed by atoms with van der Waals surface area (Å²) in [6.45, 7) is 9.66. The first-order valence-corrected chi connectivity index (χ1v) is 8.52. The Balaban J connectivity index is 2.18. The van der Waals surface area contributed by atoms with E-state index < -0.39 is 5.60 Å². The quantitative estimate of drug-likeness (QED) is 0.785. The Morgan fingerprint density at radius 1 is 1.32 bits per heavy atom. The summed E-state index contributed by atoms with van der Waals surface area (Å²) in [4.78, 5) is 14.0. The molecule has 0 fully saturated rings. The molecular formula is C17H24BrNO3. The number of carbonyl (C=O) groups is 1. The van der Waals surface area contributed by atoms with E-state index in [4.69, 9.17) is 9.47 Å². The molecule has 0 aromatic heterocycles. The summed E-state index contributed by atoms with van der Waals surface area (Å²) >= 11 is 3.59. The third-order valence-electron chi connectivity index (χ3n) is 3.43. The first-order valence-electron chi connectivity index (χ1n) is 7.73. The van der Waals surface area contributed by atoms with Gasteiger partial charge in [0.1, 0.15) is 11.4 Å². The lowest BCUT2D eigenvalue weighted by molar-refractivity contribution is 0.0222. The molecule has 122 valence electrons. The van der Waals surface area contributed by atoms with Crippen LogP contribution in [0.1, 0.15) is 45.2 Å². The normalized spacial score (nSPS) is 14.5. The van der Waals surface area contributed by atoms with Gasteiger partial charge in [-0.25, -0.2) is 4.79 Å². The largest absolute Gasteiger partial charge is 0.493 e. The molecule has 0 radical (unpaired) electrons. The van der Waals surface area contributed by atoms with Crippen molar-refractivity contribution in [2.24, 2.45) is 0 Å². The lowest BCUT2D eigenvalue weighted by atomic mass is 9.99. The number of benzene rings is 1. The molecule has 0 aliphatic carbocycles. The monoisotopic (exact) mass is 369 g/mol. The van der Waals surface area contributed by atoms with Gasteiger partial charge in [0.15, 0.2) is 0 Å². The Kier molecular flexibility index (Phi) is 5.37. The van der Waals surface area contributed by atoms with Crippen molar-refractivity contribution in [2.45, 2.75) is 52.7 Å². The van der Waals surface area contributed by atoms with Gasteiger partial charge in [0, 0.05) is 16.6 Å². The third kappa shape index (κ3) is 4.15. The van der Waals surface area contributed by atoms with E-state index in [9.17, 15) is 4.79 Å². The number of rotatable bonds is 3. The molecule has 5 heteroatoms. The maximum Gasteiger partial charge on any atom is 0.410 e. The number of hydrogen-bond donors (Lipinski definition) is 0. The van der Waals surface area contributed by atoms with E-state index >= 15 is 0 Å². The fourth-order valence-electron chi connectivity index (χ4n) is 2.43. The minimum atomic E-state index is -0.472. The van der Waals surface area contributed by atoms with Crippen molar-refractivity contribution in [1.29, 1.82) is 0 Å². The molecule has 0 bridgehead atoms. The highest BCUT2D eigenvalue weighted by molar-refractivity contribution is 9.10. The second-order valence-corrected chi connectivity index (χ2v) is 7.36. The lowest BCUT2D eigenvalue weighted by Crippen LogP contribution is -2.40. The molecule has 1 heterocycles. The van der Waals surface area contributed by atoms with Crippen LogP contribution in [0, 0.1) is 0 Å². The molecule has 2 rings (SSSR count). The van der Waals surface area contributed by atoms with Crippen LogP contribution in [0.4, 0.5) is 4.79 Å². The van der Waals surface area contributed by atoms with E-state index in [1.807, 2.05) is 32.9 Å². The summed E-state index contributed by atoms with van der Waals surface area (Å²) < 4.78 is 12.3. The smallest absolute Gasteiger partial charge is 0.410 e. The minimum Gasteiger partial charge on any atom is -0.493 e. The van der Waals surface area contributed by atoms with Crippen LogP contribution in [0.2, 0.25) is 0 Å². The van der Waals surface area contributed by atoms with Gasteiger partial charge in [0.2, 0.25) is 0 Å². The maximum atomic E-state index is 12.2. The van der Waals surface area contributed by atoms with E-state index in [0.29, 0.717) is 19.7 Å². The van der Waals surface area contributed by atoms with E-state index in [0.717, 1.165) is 28.6 Å². The van der Waals surface area contributed by atoms with E-state index in [2.05, 4.69) is 22.9 Å². The molecule has 1 amide bonds. The van der Waals surface area contributed by atoms with Gasteiger partial charge in [0.05, 0.1) is 13.2 Å². The summed E-state index contributed by atoms with van der Waals surface area (Å²) in [5.41, 5.74) is 1.84. The molecule has 0 spiro atoms. The van der Waals surface area contributed by atoms with Crippen molar-refractivity contribution < 1.29 is 14.3 Å². The van der Waals surface area contributed by atoms with Crippen LogP contribution in [0.25, 0.3) is 0 Å². The highest BCUT2D eigenvalue weighted by Gasteiger charge is 2.28. The van der Waals surface area contributed by atoms with Crippen molar-refractivity contribution in [3.05, 3.63) is 27.7 Å². The second kappa shape index (κ2) is 6.90. The number of ether oxygens (including phenoxy) is 2. The van der Waals surface area contributed by atoms with E-state index in [1.54, 1.807) is 4.90 Å².